The summed E-state index contributed by atoms with van der Waals surface area (Å²) in [6.45, 7) is 4.09. The van der Waals surface area contributed by atoms with Crippen LogP contribution in [0.5, 0.6) is 11.5 Å². The van der Waals surface area contributed by atoms with Gasteiger partial charge in [-0.2, -0.15) is 0 Å². The Morgan fingerprint density at radius 2 is 1.76 bits per heavy atom. The molecule has 2 rings (SSSR count). The summed E-state index contributed by atoms with van der Waals surface area (Å²) >= 11 is 5.82. The minimum absolute atomic E-state index is 0.189. The third-order valence-electron chi connectivity index (χ3n) is 3.36. The topological polar surface area (TPSA) is 38.7 Å². The molecule has 0 radical (unpaired) electrons. The highest BCUT2D eigenvalue weighted by molar-refractivity contribution is 6.30. The number of methoxy groups -OCH3 is 1. The van der Waals surface area contributed by atoms with Crippen LogP contribution in [0.2, 0.25) is 5.02 Å². The molecule has 0 bridgehead atoms. The molecule has 0 fully saturated rings. The first-order valence-corrected chi connectivity index (χ1v) is 7.10. The smallest absolute Gasteiger partial charge is 0.122 e. The number of ether oxygens (including phenoxy) is 2. The number of halogens is 1. The summed E-state index contributed by atoms with van der Waals surface area (Å²) < 4.78 is 10.9. The lowest BCUT2D eigenvalue weighted by molar-refractivity contribution is 0.107. The van der Waals surface area contributed by atoms with Crippen molar-refractivity contribution in [2.24, 2.45) is 0 Å². The van der Waals surface area contributed by atoms with Gasteiger partial charge in [-0.3, -0.25) is 0 Å². The van der Waals surface area contributed by atoms with E-state index >= 15 is 0 Å². The van der Waals surface area contributed by atoms with Crippen LogP contribution in [0.4, 0.5) is 0 Å². The highest BCUT2D eigenvalue weighted by atomic mass is 35.5. The normalized spacial score (nSPS) is 12.0. The zero-order valence-corrected chi connectivity index (χ0v) is 13.1. The van der Waals surface area contributed by atoms with E-state index < -0.39 is 6.10 Å². The Hall–Kier alpha value is -1.71. The van der Waals surface area contributed by atoms with Gasteiger partial charge in [-0.15, -0.1) is 0 Å². The molecule has 0 heterocycles. The maximum Gasteiger partial charge on any atom is 0.122 e. The van der Waals surface area contributed by atoms with E-state index in [4.69, 9.17) is 21.1 Å². The van der Waals surface area contributed by atoms with Crippen molar-refractivity contribution in [2.45, 2.75) is 20.0 Å². The number of hydrogen-bond donors (Lipinski definition) is 1. The lowest BCUT2D eigenvalue weighted by Crippen LogP contribution is -2.11. The van der Waals surface area contributed by atoms with E-state index in [1.807, 2.05) is 26.0 Å². The van der Waals surface area contributed by atoms with Gasteiger partial charge in [-0.1, -0.05) is 11.6 Å². The molecule has 0 aliphatic heterocycles. The average Bonchev–Trinajstić information content (AvgIpc) is 2.48. The van der Waals surface area contributed by atoms with Crippen molar-refractivity contribution >= 4 is 11.6 Å². The van der Waals surface area contributed by atoms with Crippen molar-refractivity contribution in [3.8, 4) is 11.5 Å². The van der Waals surface area contributed by atoms with Gasteiger partial charge in [0.05, 0.1) is 7.11 Å². The van der Waals surface area contributed by atoms with Gasteiger partial charge in [0.15, 0.2) is 0 Å². The molecule has 1 atom stereocenters. The summed E-state index contributed by atoms with van der Waals surface area (Å²) in [6.07, 6.45) is -0.690. The van der Waals surface area contributed by atoms with Crippen LogP contribution in [-0.2, 0) is 0 Å². The summed E-state index contributed by atoms with van der Waals surface area (Å²) in [6, 6.07) is 10.9. The van der Waals surface area contributed by atoms with Crippen LogP contribution in [-0.4, -0.2) is 18.8 Å². The van der Waals surface area contributed by atoms with Gasteiger partial charge in [0.2, 0.25) is 0 Å². The number of aryl methyl sites for hydroxylation is 2. The van der Waals surface area contributed by atoms with Crippen molar-refractivity contribution in [3.63, 3.8) is 0 Å². The molecule has 0 aliphatic carbocycles. The van der Waals surface area contributed by atoms with Crippen LogP contribution in [0, 0.1) is 13.8 Å². The summed E-state index contributed by atoms with van der Waals surface area (Å²) in [5.41, 5.74) is 2.82. The number of rotatable bonds is 5. The molecule has 2 aromatic rings. The van der Waals surface area contributed by atoms with Crippen molar-refractivity contribution in [1.29, 1.82) is 0 Å². The third kappa shape index (κ3) is 3.90. The first-order chi connectivity index (χ1) is 10.0. The van der Waals surface area contributed by atoms with Crippen LogP contribution < -0.4 is 9.47 Å². The van der Waals surface area contributed by atoms with E-state index in [1.165, 1.54) is 0 Å². The Morgan fingerprint density at radius 1 is 1.10 bits per heavy atom. The fourth-order valence-corrected chi connectivity index (χ4v) is 2.31. The van der Waals surface area contributed by atoms with E-state index in [9.17, 15) is 5.11 Å². The number of aliphatic hydroxyl groups excluding tert-OH is 1. The minimum atomic E-state index is -0.690. The third-order valence-corrected chi connectivity index (χ3v) is 3.62. The fraction of sp³-hybridized carbons (Fsp3) is 0.294. The Bertz CT molecular complexity index is 608. The molecule has 4 heteroatoms. The van der Waals surface area contributed by atoms with E-state index in [-0.39, 0.29) is 6.61 Å². The minimum Gasteiger partial charge on any atom is -0.496 e. The fourth-order valence-electron chi connectivity index (χ4n) is 2.19. The number of aliphatic hydroxyl groups is 1. The average molecular weight is 307 g/mol. The number of benzene rings is 2. The molecule has 1 unspecified atom stereocenters. The Balaban J connectivity index is 2.08. The molecule has 0 spiro atoms. The zero-order valence-electron chi connectivity index (χ0n) is 12.4. The predicted molar refractivity (Wildman–Crippen MR) is 84.4 cm³/mol. The summed E-state index contributed by atoms with van der Waals surface area (Å²) in [7, 11) is 1.64. The molecule has 0 aliphatic rings. The molecule has 0 saturated carbocycles. The van der Waals surface area contributed by atoms with Crippen molar-refractivity contribution in [3.05, 3.63) is 58.1 Å². The van der Waals surface area contributed by atoms with Crippen LogP contribution >= 0.6 is 11.6 Å². The lowest BCUT2D eigenvalue weighted by atomic mass is 10.0. The second-order valence-electron chi connectivity index (χ2n) is 4.96. The Morgan fingerprint density at radius 3 is 2.38 bits per heavy atom. The second kappa shape index (κ2) is 6.83. The lowest BCUT2D eigenvalue weighted by Gasteiger charge is -2.17. The Labute approximate surface area is 130 Å². The first-order valence-electron chi connectivity index (χ1n) is 6.73. The molecule has 3 nitrogen and oxygen atoms in total. The quantitative estimate of drug-likeness (QED) is 0.904. The molecule has 112 valence electrons. The van der Waals surface area contributed by atoms with Gasteiger partial charge in [-0.25, -0.2) is 0 Å². The highest BCUT2D eigenvalue weighted by Gasteiger charge is 2.14. The molecular formula is C17H19ClO3. The van der Waals surface area contributed by atoms with Gasteiger partial charge in [0.1, 0.15) is 24.2 Å². The van der Waals surface area contributed by atoms with E-state index in [1.54, 1.807) is 31.4 Å². The van der Waals surface area contributed by atoms with Gasteiger partial charge in [0, 0.05) is 5.02 Å². The summed E-state index contributed by atoms with van der Waals surface area (Å²) in [4.78, 5) is 0. The van der Waals surface area contributed by atoms with Crippen LogP contribution in [0.3, 0.4) is 0 Å². The highest BCUT2D eigenvalue weighted by Crippen LogP contribution is 2.27. The van der Waals surface area contributed by atoms with Gasteiger partial charge >= 0.3 is 0 Å². The summed E-state index contributed by atoms with van der Waals surface area (Å²) in [5.74, 6) is 1.50. The SMILES string of the molecule is COc1cc(C)c(C(O)COc2ccc(Cl)cc2)cc1C. The largest absolute Gasteiger partial charge is 0.496 e. The second-order valence-corrected chi connectivity index (χ2v) is 5.40. The Kier molecular flexibility index (Phi) is 5.10. The van der Waals surface area contributed by atoms with Gasteiger partial charge in [-0.05, 0) is 66.9 Å². The molecule has 21 heavy (non-hydrogen) atoms. The van der Waals surface area contributed by atoms with Crippen LogP contribution in [0.1, 0.15) is 22.8 Å². The number of hydrogen-bond acceptors (Lipinski definition) is 3. The van der Waals surface area contributed by atoms with Crippen LogP contribution in [0.15, 0.2) is 36.4 Å². The molecule has 0 amide bonds. The maximum atomic E-state index is 10.3. The van der Waals surface area contributed by atoms with Gasteiger partial charge in [0.25, 0.3) is 0 Å². The van der Waals surface area contributed by atoms with Crippen molar-refractivity contribution in [1.82, 2.24) is 0 Å². The molecular weight excluding hydrogens is 288 g/mol. The maximum absolute atomic E-state index is 10.3. The monoisotopic (exact) mass is 306 g/mol. The van der Waals surface area contributed by atoms with Gasteiger partial charge < -0.3 is 14.6 Å². The summed E-state index contributed by atoms with van der Waals surface area (Å²) in [5, 5.41) is 11.0. The molecule has 2 aromatic carbocycles. The van der Waals surface area contributed by atoms with Crippen molar-refractivity contribution < 1.29 is 14.6 Å². The predicted octanol–water partition coefficient (Wildman–Crippen LogP) is 4.08. The standard InChI is InChI=1S/C17H19ClO3/c1-11-9-17(20-3)12(2)8-15(11)16(19)10-21-14-6-4-13(18)5-7-14/h4-9,16,19H,10H2,1-3H3. The molecule has 0 aromatic heterocycles. The van der Waals surface area contributed by atoms with Crippen molar-refractivity contribution in [2.75, 3.05) is 13.7 Å². The van der Waals surface area contributed by atoms with E-state index in [0.29, 0.717) is 10.8 Å². The first kappa shape index (κ1) is 15.7. The van der Waals surface area contributed by atoms with E-state index in [0.717, 1.165) is 22.4 Å². The van der Waals surface area contributed by atoms with E-state index in [2.05, 4.69) is 0 Å². The molecule has 1 N–H and O–H groups in total. The molecule has 0 saturated heterocycles. The van der Waals surface area contributed by atoms with Crippen LogP contribution in [0.25, 0.3) is 0 Å². The zero-order chi connectivity index (χ0) is 15.4.